The highest BCUT2D eigenvalue weighted by Crippen LogP contribution is 2.41. The van der Waals surface area contributed by atoms with Crippen LogP contribution in [0.25, 0.3) is 10.1 Å². The van der Waals surface area contributed by atoms with Gasteiger partial charge in [0.1, 0.15) is 10.8 Å². The fraction of sp³-hybridized carbons (Fsp3) is 0.556. The number of nitrogens with zero attached hydrogens (tertiary/aromatic N) is 3. The van der Waals surface area contributed by atoms with E-state index >= 15 is 0 Å². The van der Waals surface area contributed by atoms with E-state index in [0.717, 1.165) is 44.8 Å². The first-order valence-corrected chi connectivity index (χ1v) is 10.6. The van der Waals surface area contributed by atoms with Crippen molar-refractivity contribution >= 4 is 45.1 Å². The van der Waals surface area contributed by atoms with Gasteiger partial charge in [0, 0.05) is 31.6 Å². The second-order valence-corrected chi connectivity index (χ2v) is 9.18. The van der Waals surface area contributed by atoms with Gasteiger partial charge in [0.15, 0.2) is 0 Å². The number of rotatable bonds is 4. The third-order valence-electron chi connectivity index (χ3n) is 5.10. The Hall–Kier alpha value is -1.31. The van der Waals surface area contributed by atoms with Crippen LogP contribution < -0.4 is 10.2 Å². The van der Waals surface area contributed by atoms with E-state index in [4.69, 9.17) is 4.37 Å². The lowest BCUT2D eigenvalue weighted by Crippen LogP contribution is -2.60. The number of hydrogen-bond acceptors (Lipinski definition) is 6. The maximum absolute atomic E-state index is 12.1. The summed E-state index contributed by atoms with van der Waals surface area (Å²) in [5.74, 6) is 1.28. The lowest BCUT2D eigenvalue weighted by molar-refractivity contribution is -0.121. The molecule has 1 amide bonds. The second kappa shape index (κ2) is 6.78. The molecule has 2 aliphatic rings. The van der Waals surface area contributed by atoms with Crippen LogP contribution in [-0.4, -0.2) is 51.6 Å². The second-order valence-electron chi connectivity index (χ2n) is 6.76. The highest BCUT2D eigenvalue weighted by atomic mass is 32.2. The summed E-state index contributed by atoms with van der Waals surface area (Å²) in [6.07, 6.45) is 2.06. The molecule has 0 saturated carbocycles. The summed E-state index contributed by atoms with van der Waals surface area (Å²) in [7, 11) is 0. The number of amides is 1. The van der Waals surface area contributed by atoms with Crippen LogP contribution in [0, 0.1) is 0 Å². The molecule has 1 aromatic heterocycles. The number of thioether (sulfide) groups is 1. The Morgan fingerprint density at radius 3 is 2.72 bits per heavy atom. The van der Waals surface area contributed by atoms with Crippen LogP contribution in [0.4, 0.5) is 5.82 Å². The monoisotopic (exact) mass is 376 g/mol. The molecule has 0 aliphatic carbocycles. The summed E-state index contributed by atoms with van der Waals surface area (Å²) in [5.41, 5.74) is 0. The standard InChI is InChI=1S/C18H24N4OS2/c1-3-8-18(19-17(23)13(2)24-18)22-11-9-21(10-12-22)16-14-6-4-5-7-15(14)25-20-16/h4-7,13H,3,8-12H2,1-2H3,(H,19,23). The molecule has 1 N–H and O–H groups in total. The fourth-order valence-corrected chi connectivity index (χ4v) is 6.18. The van der Waals surface area contributed by atoms with Crippen molar-refractivity contribution in [3.05, 3.63) is 24.3 Å². The summed E-state index contributed by atoms with van der Waals surface area (Å²) < 4.78 is 5.94. The molecule has 0 bridgehead atoms. The van der Waals surface area contributed by atoms with Crippen LogP contribution in [0.15, 0.2) is 24.3 Å². The van der Waals surface area contributed by atoms with Crippen molar-refractivity contribution < 1.29 is 4.79 Å². The summed E-state index contributed by atoms with van der Waals surface area (Å²) in [5, 5.41) is 4.57. The lowest BCUT2D eigenvalue weighted by Gasteiger charge is -2.45. The smallest absolute Gasteiger partial charge is 0.235 e. The highest BCUT2D eigenvalue weighted by Gasteiger charge is 2.47. The fourth-order valence-electron chi connectivity index (χ4n) is 3.82. The van der Waals surface area contributed by atoms with Gasteiger partial charge in [0.2, 0.25) is 5.91 Å². The van der Waals surface area contributed by atoms with Crippen molar-refractivity contribution in [2.45, 2.75) is 36.9 Å². The molecule has 1 aromatic carbocycles. The Labute approximate surface area is 156 Å². The first-order valence-electron chi connectivity index (χ1n) is 8.97. The largest absolute Gasteiger partial charge is 0.353 e. The van der Waals surface area contributed by atoms with Crippen molar-refractivity contribution in [1.82, 2.24) is 14.6 Å². The van der Waals surface area contributed by atoms with Gasteiger partial charge >= 0.3 is 0 Å². The van der Waals surface area contributed by atoms with Gasteiger partial charge < -0.3 is 10.2 Å². The van der Waals surface area contributed by atoms with Crippen molar-refractivity contribution in [3.63, 3.8) is 0 Å². The van der Waals surface area contributed by atoms with E-state index < -0.39 is 0 Å². The average molecular weight is 377 g/mol. The zero-order valence-corrected chi connectivity index (χ0v) is 16.3. The van der Waals surface area contributed by atoms with Crippen molar-refractivity contribution in [3.8, 4) is 0 Å². The maximum Gasteiger partial charge on any atom is 0.235 e. The molecule has 5 nitrogen and oxygen atoms in total. The van der Waals surface area contributed by atoms with Crippen LogP contribution >= 0.6 is 23.3 Å². The number of piperazine rings is 1. The molecule has 3 heterocycles. The average Bonchev–Trinajstić information content (AvgIpc) is 3.17. The molecule has 2 saturated heterocycles. The molecule has 2 aliphatic heterocycles. The molecule has 2 unspecified atom stereocenters. The zero-order valence-electron chi connectivity index (χ0n) is 14.7. The van der Waals surface area contributed by atoms with E-state index in [1.54, 1.807) is 23.3 Å². The molecule has 134 valence electrons. The number of carbonyl (C=O) groups is 1. The Morgan fingerprint density at radius 2 is 2.04 bits per heavy atom. The zero-order chi connectivity index (χ0) is 17.4. The third kappa shape index (κ3) is 3.02. The number of fused-ring (bicyclic) bond motifs is 1. The van der Waals surface area contributed by atoms with Gasteiger partial charge in [-0.3, -0.25) is 9.69 Å². The predicted molar refractivity (Wildman–Crippen MR) is 106 cm³/mol. The lowest BCUT2D eigenvalue weighted by atomic mass is 10.2. The van der Waals surface area contributed by atoms with E-state index in [2.05, 4.69) is 46.3 Å². The highest BCUT2D eigenvalue weighted by molar-refractivity contribution is 8.02. The van der Waals surface area contributed by atoms with Gasteiger partial charge in [-0.1, -0.05) is 25.5 Å². The number of nitrogens with one attached hydrogen (secondary N) is 1. The minimum atomic E-state index is -0.221. The topological polar surface area (TPSA) is 48.5 Å². The summed E-state index contributed by atoms with van der Waals surface area (Å²) >= 11 is 3.36. The molecule has 0 spiro atoms. The van der Waals surface area contributed by atoms with Crippen molar-refractivity contribution in [2.24, 2.45) is 0 Å². The quantitative estimate of drug-likeness (QED) is 0.888. The molecule has 4 rings (SSSR count). The van der Waals surface area contributed by atoms with E-state index in [-0.39, 0.29) is 16.2 Å². The Kier molecular flexibility index (Phi) is 4.64. The molecule has 2 aromatic rings. The number of benzene rings is 1. The van der Waals surface area contributed by atoms with E-state index in [1.807, 2.05) is 6.92 Å². The van der Waals surface area contributed by atoms with Gasteiger partial charge in [-0.25, -0.2) is 0 Å². The Morgan fingerprint density at radius 1 is 1.28 bits per heavy atom. The van der Waals surface area contributed by atoms with Crippen LogP contribution in [-0.2, 0) is 4.79 Å². The summed E-state index contributed by atoms with van der Waals surface area (Å²) in [4.78, 5) is 16.8. The van der Waals surface area contributed by atoms with Gasteiger partial charge in [0.05, 0.1) is 9.95 Å². The van der Waals surface area contributed by atoms with E-state index in [0.29, 0.717) is 0 Å². The van der Waals surface area contributed by atoms with Crippen LogP contribution in [0.2, 0.25) is 0 Å². The maximum atomic E-state index is 12.1. The van der Waals surface area contributed by atoms with Crippen LogP contribution in [0.3, 0.4) is 0 Å². The minimum absolute atomic E-state index is 0.0343. The molecule has 7 heteroatoms. The number of aromatic nitrogens is 1. The van der Waals surface area contributed by atoms with E-state index in [9.17, 15) is 4.79 Å². The van der Waals surface area contributed by atoms with Gasteiger partial charge in [-0.15, -0.1) is 11.8 Å². The van der Waals surface area contributed by atoms with E-state index in [1.165, 1.54) is 10.1 Å². The first kappa shape index (κ1) is 17.1. The first-order chi connectivity index (χ1) is 12.1. The molecular formula is C18H24N4OS2. The molecule has 25 heavy (non-hydrogen) atoms. The Bertz CT molecular complexity index is 771. The predicted octanol–water partition coefficient (Wildman–Crippen LogP) is 3.12. The van der Waals surface area contributed by atoms with Gasteiger partial charge in [0.25, 0.3) is 0 Å². The van der Waals surface area contributed by atoms with Gasteiger partial charge in [-0.05, 0) is 37.0 Å². The molecule has 0 radical (unpaired) electrons. The number of hydrogen-bond donors (Lipinski definition) is 1. The minimum Gasteiger partial charge on any atom is -0.353 e. The summed E-state index contributed by atoms with van der Waals surface area (Å²) in [6.45, 7) is 8.00. The van der Waals surface area contributed by atoms with Crippen molar-refractivity contribution in [1.29, 1.82) is 0 Å². The van der Waals surface area contributed by atoms with Crippen LogP contribution in [0.5, 0.6) is 0 Å². The number of anilines is 1. The molecule has 2 fully saturated rings. The van der Waals surface area contributed by atoms with Crippen molar-refractivity contribution in [2.75, 3.05) is 31.1 Å². The SMILES string of the molecule is CCCC1(N2CCN(c3nsc4ccccc34)CC2)NC(=O)C(C)S1. The third-order valence-corrected chi connectivity index (χ3v) is 7.44. The normalized spacial score (nSPS) is 27.8. The Balaban J connectivity index is 1.50. The van der Waals surface area contributed by atoms with Crippen LogP contribution in [0.1, 0.15) is 26.7 Å². The number of carbonyl (C=O) groups excluding carboxylic acids is 1. The molecular weight excluding hydrogens is 352 g/mol. The van der Waals surface area contributed by atoms with Gasteiger partial charge in [-0.2, -0.15) is 4.37 Å². The summed E-state index contributed by atoms with van der Waals surface area (Å²) in [6, 6.07) is 8.44. The molecule has 2 atom stereocenters.